The molecule has 0 saturated heterocycles. The zero-order valence-corrected chi connectivity index (χ0v) is 10.8. The lowest BCUT2D eigenvalue weighted by Crippen LogP contribution is -1.98. The molecule has 0 N–H and O–H groups in total. The molecule has 0 radical (unpaired) electrons. The molecule has 13 heavy (non-hydrogen) atoms. The highest BCUT2D eigenvalue weighted by molar-refractivity contribution is 14.1. The van der Waals surface area contributed by atoms with Crippen LogP contribution >= 0.6 is 38.5 Å². The number of carbonyl (C=O) groups excluding carboxylic acids is 1. The fourth-order valence-electron chi connectivity index (χ4n) is 0.964. The topological polar surface area (TPSA) is 26.3 Å². The first-order chi connectivity index (χ1) is 6.19. The van der Waals surface area contributed by atoms with Crippen molar-refractivity contribution >= 4 is 44.8 Å². The summed E-state index contributed by atoms with van der Waals surface area (Å²) >= 11 is 5.46. The Morgan fingerprint density at radius 2 is 2.31 bits per heavy atom. The van der Waals surface area contributed by atoms with E-state index in [0.29, 0.717) is 17.9 Å². The second-order valence-corrected chi connectivity index (χ2v) is 4.43. The zero-order chi connectivity index (χ0) is 9.84. The molecule has 0 heterocycles. The summed E-state index contributed by atoms with van der Waals surface area (Å²) in [6.07, 6.45) is 0.803. The lowest BCUT2D eigenvalue weighted by Gasteiger charge is -2.08. The van der Waals surface area contributed by atoms with Gasteiger partial charge in [-0.3, -0.25) is 4.79 Å². The summed E-state index contributed by atoms with van der Waals surface area (Å²) in [5, 5.41) is 0. The van der Waals surface area contributed by atoms with E-state index >= 15 is 0 Å². The molecule has 1 rings (SSSR count). The van der Waals surface area contributed by atoms with Crippen molar-refractivity contribution in [3.05, 3.63) is 25.7 Å². The first kappa shape index (κ1) is 11.0. The Bertz CT molecular complexity index is 326. The third-order valence-corrected chi connectivity index (χ3v) is 2.71. The molecule has 0 aromatic heterocycles. The maximum Gasteiger partial charge on any atom is 0.153 e. The van der Waals surface area contributed by atoms with Gasteiger partial charge < -0.3 is 4.74 Å². The third-order valence-electron chi connectivity index (χ3n) is 1.45. The third kappa shape index (κ3) is 2.67. The van der Waals surface area contributed by atoms with Crippen LogP contribution in [0.15, 0.2) is 16.6 Å². The van der Waals surface area contributed by atoms with Crippen LogP contribution in [0.5, 0.6) is 5.75 Å². The molecular formula is C9H8BrIO2. The van der Waals surface area contributed by atoms with Gasteiger partial charge in [0, 0.05) is 4.47 Å². The van der Waals surface area contributed by atoms with E-state index < -0.39 is 0 Å². The Labute approximate surface area is 98.9 Å². The lowest BCUT2D eigenvalue weighted by molar-refractivity contribution is 0.111. The van der Waals surface area contributed by atoms with Crippen LogP contribution < -0.4 is 4.74 Å². The van der Waals surface area contributed by atoms with E-state index in [1.165, 1.54) is 0 Å². The van der Waals surface area contributed by atoms with Crippen LogP contribution in [0.3, 0.4) is 0 Å². The fourth-order valence-corrected chi connectivity index (χ4v) is 2.67. The molecule has 1 aromatic rings. The highest BCUT2D eigenvalue weighted by atomic mass is 127. The normalized spacial score (nSPS) is 9.77. The number of rotatable bonds is 3. The number of aldehydes is 1. The van der Waals surface area contributed by atoms with Gasteiger partial charge in [-0.2, -0.15) is 0 Å². The fraction of sp³-hybridized carbons (Fsp3) is 0.222. The van der Waals surface area contributed by atoms with Gasteiger partial charge in [0.15, 0.2) is 6.29 Å². The van der Waals surface area contributed by atoms with Crippen LogP contribution in [-0.4, -0.2) is 12.9 Å². The standard InChI is InChI=1S/C9H8BrIO2/c1-2-13-9-6(5-12)3-7(10)4-8(9)11/h3-5H,2H2,1H3. The smallest absolute Gasteiger partial charge is 0.153 e. The van der Waals surface area contributed by atoms with Gasteiger partial charge >= 0.3 is 0 Å². The average Bonchev–Trinajstić information content (AvgIpc) is 2.09. The van der Waals surface area contributed by atoms with Gasteiger partial charge in [0.2, 0.25) is 0 Å². The zero-order valence-electron chi connectivity index (χ0n) is 7.01. The number of benzene rings is 1. The summed E-state index contributed by atoms with van der Waals surface area (Å²) in [5.74, 6) is 0.668. The van der Waals surface area contributed by atoms with Gasteiger partial charge in [0.1, 0.15) is 5.75 Å². The van der Waals surface area contributed by atoms with Gasteiger partial charge in [-0.15, -0.1) is 0 Å². The molecule has 0 aliphatic carbocycles. The second kappa shape index (κ2) is 4.95. The van der Waals surface area contributed by atoms with Crippen molar-refractivity contribution in [3.8, 4) is 5.75 Å². The molecule has 0 unspecified atom stereocenters. The SMILES string of the molecule is CCOc1c(I)cc(Br)cc1C=O. The van der Waals surface area contributed by atoms with Crippen molar-refractivity contribution in [2.75, 3.05) is 6.61 Å². The van der Waals surface area contributed by atoms with Crippen molar-refractivity contribution in [3.63, 3.8) is 0 Å². The van der Waals surface area contributed by atoms with Crippen molar-refractivity contribution < 1.29 is 9.53 Å². The molecule has 0 atom stereocenters. The predicted octanol–water partition coefficient (Wildman–Crippen LogP) is 3.26. The molecule has 0 amide bonds. The molecule has 2 nitrogen and oxygen atoms in total. The quantitative estimate of drug-likeness (QED) is 0.615. The summed E-state index contributed by atoms with van der Waals surface area (Å²) in [4.78, 5) is 10.7. The van der Waals surface area contributed by atoms with Crippen LogP contribution in [0.25, 0.3) is 0 Å². The van der Waals surface area contributed by atoms with Gasteiger partial charge in [0.25, 0.3) is 0 Å². The van der Waals surface area contributed by atoms with Gasteiger partial charge in [0.05, 0.1) is 15.7 Å². The van der Waals surface area contributed by atoms with Crippen LogP contribution in [0, 0.1) is 3.57 Å². The number of halogens is 2. The molecule has 0 fully saturated rings. The minimum Gasteiger partial charge on any atom is -0.492 e. The monoisotopic (exact) mass is 354 g/mol. The average molecular weight is 355 g/mol. The Morgan fingerprint density at radius 3 is 2.85 bits per heavy atom. The molecular weight excluding hydrogens is 347 g/mol. The highest BCUT2D eigenvalue weighted by Crippen LogP contribution is 2.28. The van der Waals surface area contributed by atoms with Gasteiger partial charge in [-0.05, 0) is 41.6 Å². The molecule has 1 aromatic carbocycles. The molecule has 0 spiro atoms. The molecule has 70 valence electrons. The number of hydrogen-bond donors (Lipinski definition) is 0. The van der Waals surface area contributed by atoms with Crippen molar-refractivity contribution in [2.24, 2.45) is 0 Å². The number of ether oxygens (including phenoxy) is 1. The molecule has 4 heteroatoms. The van der Waals surface area contributed by atoms with Gasteiger partial charge in [-0.25, -0.2) is 0 Å². The summed E-state index contributed by atoms with van der Waals surface area (Å²) in [6.45, 7) is 2.46. The van der Waals surface area contributed by atoms with Crippen LogP contribution in [0.4, 0.5) is 0 Å². The van der Waals surface area contributed by atoms with Crippen molar-refractivity contribution in [2.45, 2.75) is 6.92 Å². The Morgan fingerprint density at radius 1 is 1.62 bits per heavy atom. The molecule has 0 aliphatic heterocycles. The summed E-state index contributed by atoms with van der Waals surface area (Å²) in [6, 6.07) is 3.67. The summed E-state index contributed by atoms with van der Waals surface area (Å²) < 4.78 is 7.19. The first-order valence-electron chi connectivity index (χ1n) is 3.76. The van der Waals surface area contributed by atoms with E-state index in [0.717, 1.165) is 14.3 Å². The highest BCUT2D eigenvalue weighted by Gasteiger charge is 2.08. The van der Waals surface area contributed by atoms with Crippen molar-refractivity contribution in [1.82, 2.24) is 0 Å². The van der Waals surface area contributed by atoms with E-state index in [2.05, 4.69) is 38.5 Å². The summed E-state index contributed by atoms with van der Waals surface area (Å²) in [5.41, 5.74) is 0.584. The van der Waals surface area contributed by atoms with E-state index in [-0.39, 0.29) is 0 Å². The second-order valence-electron chi connectivity index (χ2n) is 2.36. The van der Waals surface area contributed by atoms with Crippen molar-refractivity contribution in [1.29, 1.82) is 0 Å². The number of carbonyl (C=O) groups is 1. The molecule has 0 saturated carbocycles. The predicted molar refractivity (Wildman–Crippen MR) is 63.4 cm³/mol. The minimum absolute atomic E-state index is 0.568. The number of hydrogen-bond acceptors (Lipinski definition) is 2. The summed E-state index contributed by atoms with van der Waals surface area (Å²) in [7, 11) is 0. The van der Waals surface area contributed by atoms with Crippen LogP contribution in [-0.2, 0) is 0 Å². The van der Waals surface area contributed by atoms with Gasteiger partial charge in [-0.1, -0.05) is 15.9 Å². The van der Waals surface area contributed by atoms with Crippen LogP contribution in [0.2, 0.25) is 0 Å². The molecule has 0 aliphatic rings. The largest absolute Gasteiger partial charge is 0.492 e. The van der Waals surface area contributed by atoms with E-state index in [4.69, 9.17) is 4.74 Å². The lowest BCUT2D eigenvalue weighted by atomic mass is 10.2. The first-order valence-corrected chi connectivity index (χ1v) is 5.63. The Hall–Kier alpha value is -0.100. The Kier molecular flexibility index (Phi) is 4.18. The molecule has 0 bridgehead atoms. The minimum atomic E-state index is 0.568. The maximum absolute atomic E-state index is 10.7. The van der Waals surface area contributed by atoms with E-state index in [1.807, 2.05) is 13.0 Å². The van der Waals surface area contributed by atoms with E-state index in [1.54, 1.807) is 6.07 Å². The van der Waals surface area contributed by atoms with Crippen LogP contribution in [0.1, 0.15) is 17.3 Å². The maximum atomic E-state index is 10.7. The Balaban J connectivity index is 3.21. The van der Waals surface area contributed by atoms with E-state index in [9.17, 15) is 4.79 Å².